The molecular formula is C19H18O. The van der Waals surface area contributed by atoms with Crippen molar-refractivity contribution in [3.05, 3.63) is 82.9 Å². The fourth-order valence-electron chi connectivity index (χ4n) is 2.15. The highest BCUT2D eigenvalue weighted by Gasteiger charge is 2.09. The zero-order valence-electron chi connectivity index (χ0n) is 11.9. The van der Waals surface area contributed by atoms with Gasteiger partial charge in [0.15, 0.2) is 5.78 Å². The van der Waals surface area contributed by atoms with Gasteiger partial charge in [-0.15, -0.1) is 0 Å². The Morgan fingerprint density at radius 1 is 0.950 bits per heavy atom. The summed E-state index contributed by atoms with van der Waals surface area (Å²) >= 11 is 0. The number of carbonyl (C=O) groups is 1. The molecule has 0 aliphatic rings. The molecule has 0 aromatic heterocycles. The van der Waals surface area contributed by atoms with Gasteiger partial charge >= 0.3 is 0 Å². The standard InChI is InChI=1S/C19H18O/c1-4-19(20)18-13-12-17(14(2)15(18)3)11-10-16-8-6-5-7-9-16/h4-13H,1H2,2-3H3. The first-order valence-electron chi connectivity index (χ1n) is 6.63. The lowest BCUT2D eigenvalue weighted by molar-refractivity contribution is 0.104. The first-order chi connectivity index (χ1) is 9.63. The van der Waals surface area contributed by atoms with Crippen molar-refractivity contribution in [2.45, 2.75) is 13.8 Å². The zero-order chi connectivity index (χ0) is 14.5. The Morgan fingerprint density at radius 2 is 1.65 bits per heavy atom. The van der Waals surface area contributed by atoms with E-state index in [9.17, 15) is 4.79 Å². The van der Waals surface area contributed by atoms with Crippen LogP contribution in [0.5, 0.6) is 0 Å². The van der Waals surface area contributed by atoms with Gasteiger partial charge in [0.1, 0.15) is 0 Å². The van der Waals surface area contributed by atoms with E-state index in [0.29, 0.717) is 0 Å². The summed E-state index contributed by atoms with van der Waals surface area (Å²) in [5.41, 5.74) is 5.17. The van der Waals surface area contributed by atoms with Gasteiger partial charge in [-0.05, 0) is 42.2 Å². The van der Waals surface area contributed by atoms with Crippen molar-refractivity contribution in [3.8, 4) is 0 Å². The molecule has 2 aromatic carbocycles. The summed E-state index contributed by atoms with van der Waals surface area (Å²) in [6.45, 7) is 7.56. The Morgan fingerprint density at radius 3 is 2.30 bits per heavy atom. The minimum absolute atomic E-state index is 0.0239. The normalized spacial score (nSPS) is 10.7. The third kappa shape index (κ3) is 2.94. The molecule has 1 nitrogen and oxygen atoms in total. The smallest absolute Gasteiger partial charge is 0.185 e. The van der Waals surface area contributed by atoms with E-state index in [2.05, 4.69) is 30.9 Å². The molecule has 0 aliphatic carbocycles. The van der Waals surface area contributed by atoms with Crippen LogP contribution in [0.2, 0.25) is 0 Å². The molecule has 0 heterocycles. The van der Waals surface area contributed by atoms with Crippen LogP contribution in [0, 0.1) is 13.8 Å². The fraction of sp³-hybridized carbons (Fsp3) is 0.105. The summed E-state index contributed by atoms with van der Waals surface area (Å²) in [6, 6.07) is 14.0. The van der Waals surface area contributed by atoms with E-state index >= 15 is 0 Å². The van der Waals surface area contributed by atoms with Crippen molar-refractivity contribution in [1.82, 2.24) is 0 Å². The van der Waals surface area contributed by atoms with Gasteiger partial charge in [-0.3, -0.25) is 4.79 Å². The number of benzene rings is 2. The molecule has 0 fully saturated rings. The topological polar surface area (TPSA) is 17.1 Å². The number of hydrogen-bond donors (Lipinski definition) is 0. The Kier molecular flexibility index (Phi) is 4.31. The van der Waals surface area contributed by atoms with Crippen molar-refractivity contribution in [2.24, 2.45) is 0 Å². The second kappa shape index (κ2) is 6.16. The third-order valence-corrected chi connectivity index (χ3v) is 3.53. The molecule has 0 unspecified atom stereocenters. The van der Waals surface area contributed by atoms with Crippen LogP contribution in [-0.4, -0.2) is 5.78 Å². The predicted molar refractivity (Wildman–Crippen MR) is 85.8 cm³/mol. The highest BCUT2D eigenvalue weighted by Crippen LogP contribution is 2.20. The first kappa shape index (κ1) is 14.0. The number of hydrogen-bond acceptors (Lipinski definition) is 1. The number of rotatable bonds is 4. The van der Waals surface area contributed by atoms with Gasteiger partial charge in [0.05, 0.1) is 0 Å². The lowest BCUT2D eigenvalue weighted by atomic mass is 9.95. The van der Waals surface area contributed by atoms with E-state index in [-0.39, 0.29) is 5.78 Å². The van der Waals surface area contributed by atoms with E-state index < -0.39 is 0 Å². The van der Waals surface area contributed by atoms with Crippen LogP contribution in [0.4, 0.5) is 0 Å². The van der Waals surface area contributed by atoms with Gasteiger partial charge in [-0.25, -0.2) is 0 Å². The Labute approximate surface area is 120 Å². The largest absolute Gasteiger partial charge is 0.289 e. The number of allylic oxidation sites excluding steroid dienone is 1. The second-order valence-corrected chi connectivity index (χ2v) is 4.76. The summed E-state index contributed by atoms with van der Waals surface area (Å²) in [4.78, 5) is 11.7. The highest BCUT2D eigenvalue weighted by molar-refractivity contribution is 6.05. The van der Waals surface area contributed by atoms with E-state index in [4.69, 9.17) is 0 Å². The lowest BCUT2D eigenvalue weighted by Gasteiger charge is -2.09. The summed E-state index contributed by atoms with van der Waals surface area (Å²) < 4.78 is 0. The molecule has 2 aromatic rings. The molecule has 1 heteroatoms. The van der Waals surface area contributed by atoms with Gasteiger partial charge < -0.3 is 0 Å². The second-order valence-electron chi connectivity index (χ2n) is 4.76. The number of ketones is 1. The zero-order valence-corrected chi connectivity index (χ0v) is 11.9. The molecule has 0 N–H and O–H groups in total. The maximum atomic E-state index is 11.7. The van der Waals surface area contributed by atoms with Crippen LogP contribution in [0.15, 0.2) is 55.1 Å². The molecule has 0 saturated carbocycles. The number of carbonyl (C=O) groups excluding carboxylic acids is 1. The molecule has 0 amide bonds. The predicted octanol–water partition coefficient (Wildman–Crippen LogP) is 4.84. The summed E-state index contributed by atoms with van der Waals surface area (Å²) in [5, 5.41) is 0. The van der Waals surface area contributed by atoms with E-state index in [0.717, 1.165) is 27.8 Å². The molecule has 2 rings (SSSR count). The Bertz CT molecular complexity index is 664. The van der Waals surface area contributed by atoms with Crippen LogP contribution in [0.1, 0.15) is 32.6 Å². The van der Waals surface area contributed by atoms with Crippen LogP contribution >= 0.6 is 0 Å². The van der Waals surface area contributed by atoms with Gasteiger partial charge in [-0.1, -0.05) is 61.2 Å². The fourth-order valence-corrected chi connectivity index (χ4v) is 2.15. The van der Waals surface area contributed by atoms with Crippen LogP contribution in [-0.2, 0) is 0 Å². The first-order valence-corrected chi connectivity index (χ1v) is 6.63. The molecule has 0 bridgehead atoms. The quantitative estimate of drug-likeness (QED) is 0.437. The van der Waals surface area contributed by atoms with Crippen LogP contribution < -0.4 is 0 Å². The molecule has 0 aliphatic heterocycles. The summed E-state index contributed by atoms with van der Waals surface area (Å²) in [6.07, 6.45) is 5.53. The Hall–Kier alpha value is -2.41. The average Bonchev–Trinajstić information content (AvgIpc) is 2.49. The van der Waals surface area contributed by atoms with Gasteiger partial charge in [0.25, 0.3) is 0 Å². The highest BCUT2D eigenvalue weighted by atomic mass is 16.1. The third-order valence-electron chi connectivity index (χ3n) is 3.53. The van der Waals surface area contributed by atoms with Crippen molar-refractivity contribution in [1.29, 1.82) is 0 Å². The van der Waals surface area contributed by atoms with Gasteiger partial charge in [-0.2, -0.15) is 0 Å². The average molecular weight is 262 g/mol. The molecule has 0 saturated heterocycles. The van der Waals surface area contributed by atoms with Crippen molar-refractivity contribution < 1.29 is 4.79 Å². The minimum Gasteiger partial charge on any atom is -0.289 e. The molecule has 0 radical (unpaired) electrons. The maximum Gasteiger partial charge on any atom is 0.185 e. The van der Waals surface area contributed by atoms with Gasteiger partial charge in [0, 0.05) is 5.56 Å². The summed E-state index contributed by atoms with van der Waals surface area (Å²) in [5.74, 6) is -0.0239. The molecule has 100 valence electrons. The molecule has 0 atom stereocenters. The minimum atomic E-state index is -0.0239. The SMILES string of the molecule is C=CC(=O)c1ccc(C=Cc2ccccc2)c(C)c1C. The van der Waals surface area contributed by atoms with E-state index in [1.807, 2.05) is 44.2 Å². The van der Waals surface area contributed by atoms with Crippen molar-refractivity contribution in [3.63, 3.8) is 0 Å². The summed E-state index contributed by atoms with van der Waals surface area (Å²) in [7, 11) is 0. The van der Waals surface area contributed by atoms with Crippen molar-refractivity contribution >= 4 is 17.9 Å². The van der Waals surface area contributed by atoms with E-state index in [1.165, 1.54) is 6.08 Å². The monoisotopic (exact) mass is 262 g/mol. The lowest BCUT2D eigenvalue weighted by Crippen LogP contribution is -2.00. The van der Waals surface area contributed by atoms with Crippen molar-refractivity contribution in [2.75, 3.05) is 0 Å². The van der Waals surface area contributed by atoms with Crippen LogP contribution in [0.3, 0.4) is 0 Å². The van der Waals surface area contributed by atoms with Gasteiger partial charge in [0.2, 0.25) is 0 Å². The maximum absolute atomic E-state index is 11.7. The van der Waals surface area contributed by atoms with Crippen LogP contribution in [0.25, 0.3) is 12.2 Å². The molecule has 20 heavy (non-hydrogen) atoms. The molecular weight excluding hydrogens is 244 g/mol. The van der Waals surface area contributed by atoms with E-state index in [1.54, 1.807) is 0 Å². The molecule has 0 spiro atoms. The Balaban J connectivity index is 2.35.